The van der Waals surface area contributed by atoms with Gasteiger partial charge in [-0.2, -0.15) is 4.31 Å². The second-order valence-corrected chi connectivity index (χ2v) is 7.13. The quantitative estimate of drug-likeness (QED) is 0.854. The topological polar surface area (TPSA) is 77.8 Å². The van der Waals surface area contributed by atoms with Crippen LogP contribution in [-0.2, 0) is 10.0 Å². The highest BCUT2D eigenvalue weighted by atomic mass is 32.2. The van der Waals surface area contributed by atoms with Gasteiger partial charge in [0.2, 0.25) is 10.0 Å². The lowest BCUT2D eigenvalue weighted by Crippen LogP contribution is -2.29. The first-order chi connectivity index (χ1) is 9.48. The van der Waals surface area contributed by atoms with Crippen LogP contribution in [0.25, 0.3) is 0 Å². The van der Waals surface area contributed by atoms with Crippen LogP contribution < -0.4 is 0 Å². The molecule has 6 heteroatoms. The molecule has 2 N–H and O–H groups in total. The average Bonchev–Trinajstić information content (AvgIpc) is 2.96. The molecule has 2 atom stereocenters. The van der Waals surface area contributed by atoms with Crippen LogP contribution >= 0.6 is 0 Å². The van der Waals surface area contributed by atoms with Crippen LogP contribution in [0, 0.1) is 5.92 Å². The zero-order chi connectivity index (χ0) is 14.8. The van der Waals surface area contributed by atoms with Gasteiger partial charge in [-0.3, -0.25) is 0 Å². The number of aliphatic hydroxyl groups excluding tert-OH is 2. The second kappa shape index (κ2) is 6.22. The first kappa shape index (κ1) is 15.4. The van der Waals surface area contributed by atoms with Crippen molar-refractivity contribution in [2.75, 3.05) is 19.7 Å². The first-order valence-electron chi connectivity index (χ1n) is 6.88. The number of sulfonamides is 1. The predicted octanol–water partition coefficient (Wildman–Crippen LogP) is 1.13. The fraction of sp³-hybridized carbons (Fsp3) is 0.571. The number of nitrogens with zero attached hydrogens (tertiary/aromatic N) is 1. The summed E-state index contributed by atoms with van der Waals surface area (Å²) in [6.45, 7) is 2.66. The van der Waals surface area contributed by atoms with Crippen LogP contribution in [0.3, 0.4) is 0 Å². The van der Waals surface area contributed by atoms with E-state index < -0.39 is 16.1 Å². The summed E-state index contributed by atoms with van der Waals surface area (Å²) in [6.07, 6.45) is 0.584. The fourth-order valence-corrected chi connectivity index (χ4v) is 4.02. The Labute approximate surface area is 119 Å². The van der Waals surface area contributed by atoms with Crippen molar-refractivity contribution in [2.24, 2.45) is 5.92 Å². The van der Waals surface area contributed by atoms with Crippen molar-refractivity contribution in [3.05, 3.63) is 29.8 Å². The molecule has 1 aliphatic rings. The van der Waals surface area contributed by atoms with Crippen molar-refractivity contribution >= 4 is 10.0 Å². The van der Waals surface area contributed by atoms with Crippen LogP contribution in [0.1, 0.15) is 31.4 Å². The van der Waals surface area contributed by atoms with Crippen LogP contribution in [0.2, 0.25) is 0 Å². The minimum Gasteiger partial charge on any atom is -0.396 e. The summed E-state index contributed by atoms with van der Waals surface area (Å²) in [6, 6.07) is 6.47. The summed E-state index contributed by atoms with van der Waals surface area (Å²) >= 11 is 0. The Bertz CT molecular complexity index is 558. The van der Waals surface area contributed by atoms with E-state index in [0.717, 1.165) is 0 Å². The van der Waals surface area contributed by atoms with Gasteiger partial charge in [0.25, 0.3) is 0 Å². The van der Waals surface area contributed by atoms with Gasteiger partial charge in [0.1, 0.15) is 0 Å². The van der Waals surface area contributed by atoms with Crippen LogP contribution in [0.4, 0.5) is 0 Å². The van der Waals surface area contributed by atoms with Crippen LogP contribution in [0.5, 0.6) is 0 Å². The molecule has 1 heterocycles. The van der Waals surface area contributed by atoms with E-state index in [1.165, 1.54) is 10.4 Å². The van der Waals surface area contributed by atoms with E-state index in [-0.39, 0.29) is 17.4 Å². The molecule has 0 aromatic heterocycles. The molecule has 1 aliphatic heterocycles. The summed E-state index contributed by atoms with van der Waals surface area (Å²) in [7, 11) is -3.53. The molecule has 0 saturated carbocycles. The van der Waals surface area contributed by atoms with E-state index in [1.807, 2.05) is 6.92 Å². The Morgan fingerprint density at radius 3 is 2.80 bits per heavy atom. The largest absolute Gasteiger partial charge is 0.396 e. The zero-order valence-corrected chi connectivity index (χ0v) is 12.4. The van der Waals surface area contributed by atoms with Crippen LogP contribution in [0.15, 0.2) is 29.2 Å². The molecule has 1 aromatic rings. The molecule has 1 aromatic carbocycles. The Balaban J connectivity index is 2.26. The molecule has 5 nitrogen and oxygen atoms in total. The Kier molecular flexibility index (Phi) is 4.80. The zero-order valence-electron chi connectivity index (χ0n) is 11.6. The Morgan fingerprint density at radius 2 is 2.20 bits per heavy atom. The first-order valence-corrected chi connectivity index (χ1v) is 8.32. The van der Waals surface area contributed by atoms with Gasteiger partial charge in [-0.05, 0) is 36.5 Å². The normalized spacial score (nSPS) is 22.1. The second-order valence-electron chi connectivity index (χ2n) is 5.20. The molecule has 0 bridgehead atoms. The van der Waals surface area contributed by atoms with E-state index in [2.05, 4.69) is 0 Å². The van der Waals surface area contributed by atoms with Crippen molar-refractivity contribution in [3.63, 3.8) is 0 Å². The van der Waals surface area contributed by atoms with Gasteiger partial charge in [0, 0.05) is 19.7 Å². The molecule has 2 unspecified atom stereocenters. The van der Waals surface area contributed by atoms with Gasteiger partial charge in [-0.15, -0.1) is 0 Å². The third-order valence-corrected chi connectivity index (χ3v) is 5.64. The summed E-state index contributed by atoms with van der Waals surface area (Å²) < 4.78 is 26.5. The molecule has 20 heavy (non-hydrogen) atoms. The number of rotatable bonds is 5. The smallest absolute Gasteiger partial charge is 0.243 e. The number of hydrogen-bond donors (Lipinski definition) is 2. The van der Waals surface area contributed by atoms with Gasteiger partial charge in [0.15, 0.2) is 0 Å². The van der Waals surface area contributed by atoms with Gasteiger partial charge in [0.05, 0.1) is 11.0 Å². The summed E-state index contributed by atoms with van der Waals surface area (Å²) in [4.78, 5) is 0.209. The highest BCUT2D eigenvalue weighted by Gasteiger charge is 2.32. The highest BCUT2D eigenvalue weighted by Crippen LogP contribution is 2.26. The van der Waals surface area contributed by atoms with Crippen molar-refractivity contribution in [1.82, 2.24) is 4.31 Å². The number of hydrogen-bond acceptors (Lipinski definition) is 4. The molecule has 2 rings (SSSR count). The van der Waals surface area contributed by atoms with E-state index in [9.17, 15) is 13.5 Å². The van der Waals surface area contributed by atoms with Crippen molar-refractivity contribution in [1.29, 1.82) is 0 Å². The SMILES string of the molecule is CCC(O)c1cccc(S(=O)(=O)N2CCC(CO)C2)c1. The molecule has 0 amide bonds. The molecular formula is C14H21NO4S. The highest BCUT2D eigenvalue weighted by molar-refractivity contribution is 7.89. The third kappa shape index (κ3) is 3.03. The minimum absolute atomic E-state index is 0.0145. The molecule has 0 spiro atoms. The van der Waals surface area contributed by atoms with E-state index >= 15 is 0 Å². The predicted molar refractivity (Wildman–Crippen MR) is 75.6 cm³/mol. The van der Waals surface area contributed by atoms with E-state index in [4.69, 9.17) is 5.11 Å². The number of benzene rings is 1. The standard InChI is InChI=1S/C14H21NO4S/c1-2-14(17)12-4-3-5-13(8-12)20(18,19)15-7-6-11(9-15)10-16/h3-5,8,11,14,16-17H,2,6-7,9-10H2,1H3. The van der Waals surface area contributed by atoms with Crippen molar-refractivity contribution < 1.29 is 18.6 Å². The van der Waals surface area contributed by atoms with Crippen molar-refractivity contribution in [3.8, 4) is 0 Å². The summed E-state index contributed by atoms with van der Waals surface area (Å²) in [5.41, 5.74) is 0.617. The maximum atomic E-state index is 12.5. The van der Waals surface area contributed by atoms with E-state index in [0.29, 0.717) is 31.5 Å². The maximum Gasteiger partial charge on any atom is 0.243 e. The number of aliphatic hydroxyl groups is 2. The molecule has 0 aliphatic carbocycles. The lowest BCUT2D eigenvalue weighted by atomic mass is 10.1. The van der Waals surface area contributed by atoms with Gasteiger partial charge < -0.3 is 10.2 Å². The monoisotopic (exact) mass is 299 g/mol. The van der Waals surface area contributed by atoms with E-state index in [1.54, 1.807) is 18.2 Å². The van der Waals surface area contributed by atoms with Crippen LogP contribution in [-0.4, -0.2) is 42.6 Å². The molecular weight excluding hydrogens is 278 g/mol. The van der Waals surface area contributed by atoms with Crippen molar-refractivity contribution in [2.45, 2.75) is 30.8 Å². The summed E-state index contributed by atoms with van der Waals surface area (Å²) in [5, 5.41) is 18.9. The van der Waals surface area contributed by atoms with Gasteiger partial charge in [-0.1, -0.05) is 19.1 Å². The molecule has 0 radical (unpaired) electrons. The lowest BCUT2D eigenvalue weighted by Gasteiger charge is -2.17. The molecule has 112 valence electrons. The molecule has 1 fully saturated rings. The maximum absolute atomic E-state index is 12.5. The minimum atomic E-state index is -3.53. The van der Waals surface area contributed by atoms with Gasteiger partial charge in [-0.25, -0.2) is 8.42 Å². The fourth-order valence-electron chi connectivity index (χ4n) is 2.43. The summed E-state index contributed by atoms with van der Waals surface area (Å²) in [5.74, 6) is 0.0224. The third-order valence-electron chi connectivity index (χ3n) is 3.77. The lowest BCUT2D eigenvalue weighted by molar-refractivity contribution is 0.173. The molecule has 1 saturated heterocycles. The van der Waals surface area contributed by atoms with Gasteiger partial charge >= 0.3 is 0 Å². The Hall–Kier alpha value is -0.950. The average molecular weight is 299 g/mol. The Morgan fingerprint density at radius 1 is 1.45 bits per heavy atom.